The van der Waals surface area contributed by atoms with E-state index in [1.54, 1.807) is 0 Å². The third kappa shape index (κ3) is 7.54. The van der Waals surface area contributed by atoms with E-state index < -0.39 is 17.9 Å². The van der Waals surface area contributed by atoms with Crippen LogP contribution in [0.2, 0.25) is 0 Å². The third-order valence-corrected chi connectivity index (χ3v) is 6.72. The van der Waals surface area contributed by atoms with Crippen molar-refractivity contribution in [1.29, 1.82) is 0 Å². The first-order chi connectivity index (χ1) is 15.5. The van der Waals surface area contributed by atoms with Crippen molar-refractivity contribution >= 4 is 11.9 Å². The normalized spacial score (nSPS) is 23.9. The number of hydrogen-bond acceptors (Lipinski definition) is 6. The molecule has 1 aromatic carbocycles. The fraction of sp³-hybridized carbons (Fsp3) is 0.714. The maximum absolute atomic E-state index is 13.4. The highest BCUT2D eigenvalue weighted by Gasteiger charge is 2.43. The number of carbonyl (C=O) groups is 2. The molecule has 34 heavy (non-hydrogen) atoms. The Balaban J connectivity index is 1.76. The molecule has 190 valence electrons. The van der Waals surface area contributed by atoms with E-state index >= 15 is 0 Å². The van der Waals surface area contributed by atoms with E-state index in [1.807, 2.05) is 30.3 Å². The molecular formula is C28H44N2O4. The highest BCUT2D eigenvalue weighted by molar-refractivity contribution is 5.95. The molecule has 2 saturated heterocycles. The summed E-state index contributed by atoms with van der Waals surface area (Å²) in [7, 11) is 0. The lowest BCUT2D eigenvalue weighted by Gasteiger charge is -2.46. The van der Waals surface area contributed by atoms with E-state index in [1.165, 1.54) is 0 Å². The Labute approximate surface area is 205 Å². The molecule has 0 bridgehead atoms. The quantitative estimate of drug-likeness (QED) is 0.467. The summed E-state index contributed by atoms with van der Waals surface area (Å²) in [5.74, 6) is -1.95. The van der Waals surface area contributed by atoms with Crippen LogP contribution in [0, 0.1) is 5.92 Å². The minimum atomic E-state index is -0.982. The van der Waals surface area contributed by atoms with Crippen LogP contribution in [0.3, 0.4) is 0 Å². The Bertz CT molecular complexity index is 792. The number of hydrogen-bond donors (Lipinski definition) is 2. The number of nitrogens with one attached hydrogen (secondary N) is 2. The van der Waals surface area contributed by atoms with E-state index in [-0.39, 0.29) is 40.8 Å². The van der Waals surface area contributed by atoms with E-state index in [0.29, 0.717) is 25.7 Å². The molecule has 2 heterocycles. The first-order valence-corrected chi connectivity index (χ1v) is 12.6. The summed E-state index contributed by atoms with van der Waals surface area (Å²) in [4.78, 5) is 26.8. The molecule has 0 aliphatic carbocycles. The molecule has 2 aliphatic heterocycles. The van der Waals surface area contributed by atoms with Gasteiger partial charge in [0.15, 0.2) is 5.92 Å². The maximum Gasteiger partial charge on any atom is 0.320 e. The second-order valence-corrected chi connectivity index (χ2v) is 13.0. The summed E-state index contributed by atoms with van der Waals surface area (Å²) in [5.41, 5.74) is 0.282. The summed E-state index contributed by atoms with van der Waals surface area (Å²) in [6.45, 7) is 16.9. The number of carbonyl (C=O) groups excluding carboxylic acids is 2. The van der Waals surface area contributed by atoms with Crippen molar-refractivity contribution in [2.75, 3.05) is 0 Å². The van der Waals surface area contributed by atoms with Gasteiger partial charge in [-0.2, -0.15) is 0 Å². The molecule has 0 saturated carbocycles. The van der Waals surface area contributed by atoms with E-state index in [2.05, 4.69) is 66.0 Å². The van der Waals surface area contributed by atoms with Crippen molar-refractivity contribution in [2.45, 2.75) is 122 Å². The van der Waals surface area contributed by atoms with Gasteiger partial charge in [-0.1, -0.05) is 30.3 Å². The van der Waals surface area contributed by atoms with E-state index in [9.17, 15) is 9.59 Å². The molecule has 0 radical (unpaired) electrons. The summed E-state index contributed by atoms with van der Waals surface area (Å²) < 4.78 is 12.0. The zero-order valence-corrected chi connectivity index (χ0v) is 22.3. The van der Waals surface area contributed by atoms with Crippen LogP contribution in [0.4, 0.5) is 0 Å². The average molecular weight is 473 g/mol. The molecule has 0 unspecified atom stereocenters. The molecule has 6 heteroatoms. The highest BCUT2D eigenvalue weighted by Crippen LogP contribution is 2.33. The summed E-state index contributed by atoms with van der Waals surface area (Å²) in [6, 6.07) is 9.62. The SMILES string of the molecule is CC1(C)CC(OC(=O)C(Cc2ccccc2)C(=O)OC2CC(C)(C)NC(C)(C)C2)CC(C)(C)N1. The maximum atomic E-state index is 13.4. The van der Waals surface area contributed by atoms with Crippen molar-refractivity contribution in [1.82, 2.24) is 10.6 Å². The van der Waals surface area contributed by atoms with Gasteiger partial charge in [0.25, 0.3) is 0 Å². The zero-order valence-electron chi connectivity index (χ0n) is 22.3. The van der Waals surface area contributed by atoms with Gasteiger partial charge < -0.3 is 20.1 Å². The molecule has 2 N–H and O–H groups in total. The lowest BCUT2D eigenvalue weighted by atomic mass is 9.81. The predicted octanol–water partition coefficient (Wildman–Crippen LogP) is 4.55. The standard InChI is InChI=1S/C28H44N2O4/c1-25(2)15-20(16-26(3,4)29-25)33-23(31)22(14-19-12-10-9-11-13-19)24(32)34-21-17-27(5,6)30-28(7,8)18-21/h9-13,20-22,29-30H,14-18H2,1-8H3. The first kappa shape index (κ1) is 26.7. The van der Waals surface area contributed by atoms with Gasteiger partial charge in [-0.15, -0.1) is 0 Å². The van der Waals surface area contributed by atoms with Gasteiger partial charge in [0.1, 0.15) is 12.2 Å². The first-order valence-electron chi connectivity index (χ1n) is 12.6. The van der Waals surface area contributed by atoms with Crippen LogP contribution >= 0.6 is 0 Å². The van der Waals surface area contributed by atoms with Crippen molar-refractivity contribution < 1.29 is 19.1 Å². The molecule has 2 fully saturated rings. The summed E-state index contributed by atoms with van der Waals surface area (Å²) >= 11 is 0. The van der Waals surface area contributed by atoms with Crippen LogP contribution in [0.15, 0.2) is 30.3 Å². The zero-order chi connectivity index (χ0) is 25.4. The van der Waals surface area contributed by atoms with Crippen LogP contribution in [0.1, 0.15) is 86.6 Å². The Morgan fingerprint density at radius 3 is 1.44 bits per heavy atom. The average Bonchev–Trinajstić information content (AvgIpc) is 2.61. The van der Waals surface area contributed by atoms with E-state index in [0.717, 1.165) is 5.56 Å². The minimum Gasteiger partial charge on any atom is -0.462 e. The Hall–Kier alpha value is -1.92. The number of esters is 2. The van der Waals surface area contributed by atoms with Crippen molar-refractivity contribution in [2.24, 2.45) is 5.92 Å². The van der Waals surface area contributed by atoms with Crippen LogP contribution in [0.5, 0.6) is 0 Å². The number of rotatable bonds is 6. The summed E-state index contributed by atoms with van der Waals surface area (Å²) in [6.07, 6.45) is 2.58. The highest BCUT2D eigenvalue weighted by atomic mass is 16.6. The Morgan fingerprint density at radius 2 is 1.09 bits per heavy atom. The van der Waals surface area contributed by atoms with Crippen molar-refractivity contribution in [3.8, 4) is 0 Å². The van der Waals surface area contributed by atoms with E-state index in [4.69, 9.17) is 9.47 Å². The van der Waals surface area contributed by atoms with Gasteiger partial charge in [0.05, 0.1) is 0 Å². The molecule has 2 aliphatic rings. The third-order valence-electron chi connectivity index (χ3n) is 6.72. The van der Waals surface area contributed by atoms with Gasteiger partial charge in [-0.25, -0.2) is 0 Å². The van der Waals surface area contributed by atoms with Crippen LogP contribution < -0.4 is 10.6 Å². The monoisotopic (exact) mass is 472 g/mol. The lowest BCUT2D eigenvalue weighted by molar-refractivity contribution is -0.172. The summed E-state index contributed by atoms with van der Waals surface area (Å²) in [5, 5.41) is 7.22. The van der Waals surface area contributed by atoms with Gasteiger partial charge in [0, 0.05) is 47.8 Å². The molecule has 0 spiro atoms. The Morgan fingerprint density at radius 1 is 0.735 bits per heavy atom. The molecular weight excluding hydrogens is 428 g/mol. The second kappa shape index (κ2) is 9.62. The molecule has 0 atom stereocenters. The lowest BCUT2D eigenvalue weighted by Crippen LogP contribution is -2.60. The number of benzene rings is 1. The largest absolute Gasteiger partial charge is 0.462 e. The Kier molecular flexibility index (Phi) is 7.55. The molecule has 0 aromatic heterocycles. The molecule has 3 rings (SSSR count). The topological polar surface area (TPSA) is 76.7 Å². The number of ether oxygens (including phenoxy) is 2. The smallest absolute Gasteiger partial charge is 0.320 e. The van der Waals surface area contributed by atoms with Gasteiger partial charge in [-0.3, -0.25) is 9.59 Å². The van der Waals surface area contributed by atoms with Crippen molar-refractivity contribution in [3.05, 3.63) is 35.9 Å². The minimum absolute atomic E-state index is 0.158. The molecule has 0 amide bonds. The van der Waals surface area contributed by atoms with Gasteiger partial charge in [-0.05, 0) is 67.4 Å². The van der Waals surface area contributed by atoms with Gasteiger partial charge in [0.2, 0.25) is 0 Å². The fourth-order valence-corrected chi connectivity index (χ4v) is 6.23. The molecule has 6 nitrogen and oxygen atoms in total. The van der Waals surface area contributed by atoms with Crippen LogP contribution in [-0.4, -0.2) is 46.3 Å². The predicted molar refractivity (Wildman–Crippen MR) is 134 cm³/mol. The van der Waals surface area contributed by atoms with Crippen LogP contribution in [0.25, 0.3) is 0 Å². The molecule has 1 aromatic rings. The van der Waals surface area contributed by atoms with Crippen LogP contribution in [-0.2, 0) is 25.5 Å². The van der Waals surface area contributed by atoms with Gasteiger partial charge >= 0.3 is 11.9 Å². The fourth-order valence-electron chi connectivity index (χ4n) is 6.23. The second-order valence-electron chi connectivity index (χ2n) is 13.0. The number of piperidine rings is 2. The van der Waals surface area contributed by atoms with Crippen molar-refractivity contribution in [3.63, 3.8) is 0 Å².